The van der Waals surface area contributed by atoms with Crippen molar-refractivity contribution >= 4 is 98.2 Å². The van der Waals surface area contributed by atoms with E-state index in [0.717, 1.165) is 0 Å². The molecule has 4 amide bonds. The molecule has 20 heteroatoms. The van der Waals surface area contributed by atoms with E-state index in [1.807, 2.05) is 0 Å². The van der Waals surface area contributed by atoms with Gasteiger partial charge < -0.3 is 9.80 Å². The third kappa shape index (κ3) is 3.93. The molecule has 0 radical (unpaired) electrons. The highest BCUT2D eigenvalue weighted by molar-refractivity contribution is 8.78. The molecule has 306 valence electrons. The van der Waals surface area contributed by atoms with Gasteiger partial charge in [0.1, 0.15) is 12.3 Å². The van der Waals surface area contributed by atoms with E-state index >= 15 is 36.0 Å². The Balaban J connectivity index is 1.25. The van der Waals surface area contributed by atoms with Crippen molar-refractivity contribution in [2.45, 2.75) is 66.3 Å². The molecule has 60 heavy (non-hydrogen) atoms. The summed E-state index contributed by atoms with van der Waals surface area (Å²) < 4.78 is 64.7. The first-order valence-corrected chi connectivity index (χ1v) is 26.3. The molecular weight excluding hydrogens is 885 g/mol. The third-order valence-corrected chi connectivity index (χ3v) is 23.8. The predicted octanol–water partition coefficient (Wildman–Crippen LogP) is 4.18. The fourth-order valence-corrected chi connectivity index (χ4v) is 21.8. The second kappa shape index (κ2) is 11.8. The third-order valence-electron chi connectivity index (χ3n) is 13.7. The molecule has 4 bridgehead atoms. The first-order valence-electron chi connectivity index (χ1n) is 19.0. The van der Waals surface area contributed by atoms with Gasteiger partial charge in [0.05, 0.1) is 32.0 Å². The molecule has 10 aliphatic heterocycles. The Kier molecular flexibility index (Phi) is 7.34. The number of amides is 4. The summed E-state index contributed by atoms with van der Waals surface area (Å²) in [5.41, 5.74) is -1.89. The molecule has 0 N–H and O–H groups in total. The van der Waals surface area contributed by atoms with Crippen LogP contribution in [0.2, 0.25) is 0 Å². The Hall–Kier alpha value is -4.34. The van der Waals surface area contributed by atoms with Crippen LogP contribution in [-0.4, -0.2) is 107 Å². The van der Waals surface area contributed by atoms with Gasteiger partial charge in [-0.05, 0) is 47.5 Å². The van der Waals surface area contributed by atoms with Gasteiger partial charge in [0, 0.05) is 26.9 Å². The second-order valence-electron chi connectivity index (χ2n) is 16.2. The zero-order valence-corrected chi connectivity index (χ0v) is 36.4. The SMILES string of the molecule is CN1C(=O)C23CC4(C56CC78SSC(C(=O)N7C5N(S(=O)(=O)c5ccccc5)c5ccccc56)N(C)C8=O)c5ccccc5N(S(=O)(=O)c5ccccc5)C4N2C(=O)C1SS3. The Labute approximate surface area is 360 Å². The first kappa shape index (κ1) is 37.4. The zero-order valence-electron chi connectivity index (χ0n) is 31.5. The molecule has 8 saturated heterocycles. The highest BCUT2D eigenvalue weighted by Crippen LogP contribution is 2.79. The van der Waals surface area contributed by atoms with Gasteiger partial charge in [-0.2, -0.15) is 0 Å². The Morgan fingerprint density at radius 2 is 0.867 bits per heavy atom. The molecule has 10 aliphatic rings. The minimum Gasteiger partial charge on any atom is -0.322 e. The summed E-state index contributed by atoms with van der Waals surface area (Å²) in [6, 6.07) is 29.7. The van der Waals surface area contributed by atoms with Gasteiger partial charge in [-0.1, -0.05) is 116 Å². The molecule has 4 aromatic carbocycles. The number of benzene rings is 4. The van der Waals surface area contributed by atoms with Crippen LogP contribution < -0.4 is 8.61 Å². The standard InChI is InChI=1S/C40H32N6O8S6/c1-41-31-29(47)43-33-37(21-39(43,35(41)49)57-55-31,25-17-9-11-19-27(25)45(33)59(51,52)23-13-5-3-6-14-23)38-22-40-36(50)42(2)32(56-58-40)30(48)44(40)34(38)46(28-20-12-10-18-26(28)38)60(53,54)24-15-7-4-8-16-24/h3-20,31-34H,21-22H2,1-2H3. The van der Waals surface area contributed by atoms with E-state index in [4.69, 9.17) is 0 Å². The molecule has 8 atom stereocenters. The minimum absolute atomic E-state index is 0.0502. The average molecular weight is 917 g/mol. The maximum Gasteiger partial charge on any atom is 0.266 e. The number of carbonyl (C=O) groups is 4. The molecule has 14 nitrogen and oxygen atoms in total. The highest BCUT2D eigenvalue weighted by atomic mass is 33.1. The van der Waals surface area contributed by atoms with E-state index in [1.54, 1.807) is 99.0 Å². The fourth-order valence-electron chi connectivity index (χ4n) is 11.5. The number of anilines is 2. The van der Waals surface area contributed by atoms with Crippen molar-refractivity contribution in [2.75, 3.05) is 22.7 Å². The number of fused-ring (bicyclic) bond motifs is 11. The quantitative estimate of drug-likeness (QED) is 0.264. The van der Waals surface area contributed by atoms with Gasteiger partial charge in [0.2, 0.25) is 0 Å². The van der Waals surface area contributed by atoms with Crippen molar-refractivity contribution in [2.24, 2.45) is 0 Å². The normalized spacial score (nSPS) is 34.6. The largest absolute Gasteiger partial charge is 0.322 e. The van der Waals surface area contributed by atoms with Crippen LogP contribution in [0.3, 0.4) is 0 Å². The van der Waals surface area contributed by atoms with Gasteiger partial charge in [-0.25, -0.2) is 25.4 Å². The van der Waals surface area contributed by atoms with Crippen molar-refractivity contribution in [3.8, 4) is 0 Å². The molecule has 14 rings (SSSR count). The Bertz CT molecular complexity index is 2700. The van der Waals surface area contributed by atoms with E-state index in [1.165, 1.54) is 95.7 Å². The van der Waals surface area contributed by atoms with Crippen LogP contribution in [0.15, 0.2) is 119 Å². The molecule has 8 unspecified atom stereocenters. The Morgan fingerprint density at radius 1 is 0.517 bits per heavy atom. The maximum absolute atomic E-state index is 15.5. The lowest BCUT2D eigenvalue weighted by Gasteiger charge is -2.53. The van der Waals surface area contributed by atoms with Crippen molar-refractivity contribution in [1.29, 1.82) is 0 Å². The van der Waals surface area contributed by atoms with Crippen molar-refractivity contribution in [1.82, 2.24) is 19.6 Å². The summed E-state index contributed by atoms with van der Waals surface area (Å²) in [6.07, 6.45) is -3.22. The van der Waals surface area contributed by atoms with Gasteiger partial charge in [0.15, 0.2) is 20.5 Å². The number of likely N-dealkylation sites (N-methyl/N-ethyl adjacent to an activating group) is 2. The molecule has 4 aromatic rings. The highest BCUT2D eigenvalue weighted by Gasteiger charge is 2.88. The van der Waals surface area contributed by atoms with E-state index in [9.17, 15) is 0 Å². The fraction of sp³-hybridized carbons (Fsp3) is 0.300. The molecule has 2 spiro atoms. The van der Waals surface area contributed by atoms with Gasteiger partial charge in [-0.3, -0.25) is 29.0 Å². The molecular formula is C40H32N6O8S6. The van der Waals surface area contributed by atoms with Crippen molar-refractivity contribution in [3.05, 3.63) is 120 Å². The summed E-state index contributed by atoms with van der Waals surface area (Å²) in [5.74, 6) is -1.71. The second-order valence-corrected chi connectivity index (χ2v) is 24.9. The van der Waals surface area contributed by atoms with E-state index in [-0.39, 0.29) is 34.0 Å². The first-order chi connectivity index (χ1) is 28.7. The number of nitrogens with zero attached hydrogens (tertiary/aromatic N) is 6. The number of hydrogen-bond acceptors (Lipinski definition) is 12. The Morgan fingerprint density at radius 3 is 1.25 bits per heavy atom. The van der Waals surface area contributed by atoms with Gasteiger partial charge >= 0.3 is 0 Å². The zero-order chi connectivity index (χ0) is 41.5. The molecule has 10 heterocycles. The summed E-state index contributed by atoms with van der Waals surface area (Å²) in [5, 5.41) is -1.95. The lowest BCUT2D eigenvalue weighted by Crippen LogP contribution is -2.73. The van der Waals surface area contributed by atoms with Crippen LogP contribution in [0, 0.1) is 0 Å². The lowest BCUT2D eigenvalue weighted by atomic mass is 9.54. The minimum atomic E-state index is -4.56. The van der Waals surface area contributed by atoms with Crippen LogP contribution in [0.1, 0.15) is 24.0 Å². The average Bonchev–Trinajstić information content (AvgIpc) is 3.93. The van der Waals surface area contributed by atoms with Crippen LogP contribution in [-0.2, 0) is 50.1 Å². The summed E-state index contributed by atoms with van der Waals surface area (Å²) in [7, 11) is -1.10. The predicted molar refractivity (Wildman–Crippen MR) is 228 cm³/mol. The lowest BCUT2D eigenvalue weighted by molar-refractivity contribution is -0.158. The summed E-state index contributed by atoms with van der Waals surface area (Å²) in [4.78, 5) is 62.7. The van der Waals surface area contributed by atoms with Crippen LogP contribution in [0.5, 0.6) is 0 Å². The topological polar surface area (TPSA) is 156 Å². The molecule has 0 aromatic heterocycles. The van der Waals surface area contributed by atoms with E-state index in [2.05, 4.69) is 0 Å². The number of piperazine rings is 2. The molecule has 0 saturated carbocycles. The van der Waals surface area contributed by atoms with E-state index in [0.29, 0.717) is 11.1 Å². The van der Waals surface area contributed by atoms with Crippen molar-refractivity contribution in [3.63, 3.8) is 0 Å². The number of para-hydroxylation sites is 2. The summed E-state index contributed by atoms with van der Waals surface area (Å²) >= 11 is 0. The number of sulfonamides is 2. The monoisotopic (exact) mass is 916 g/mol. The number of hydrogen-bond donors (Lipinski definition) is 0. The van der Waals surface area contributed by atoms with Crippen molar-refractivity contribution < 1.29 is 36.0 Å². The van der Waals surface area contributed by atoms with Crippen LogP contribution in [0.4, 0.5) is 11.4 Å². The van der Waals surface area contributed by atoms with Gasteiger partial charge in [0.25, 0.3) is 43.7 Å². The smallest absolute Gasteiger partial charge is 0.266 e. The molecule has 0 aliphatic carbocycles. The molecule has 8 fully saturated rings. The van der Waals surface area contributed by atoms with E-state index < -0.39 is 87.3 Å². The van der Waals surface area contributed by atoms with Crippen LogP contribution >= 0.6 is 43.2 Å². The van der Waals surface area contributed by atoms with Gasteiger partial charge in [-0.15, -0.1) is 0 Å². The number of carbonyl (C=O) groups excluding carboxylic acids is 4. The summed E-state index contributed by atoms with van der Waals surface area (Å²) in [6.45, 7) is 0. The maximum atomic E-state index is 15.5. The van der Waals surface area contributed by atoms with Crippen LogP contribution in [0.25, 0.3) is 0 Å². The number of rotatable bonds is 5.